The molecule has 0 aliphatic rings. The van der Waals surface area contributed by atoms with Gasteiger partial charge in [0.05, 0.1) is 6.20 Å². The summed E-state index contributed by atoms with van der Waals surface area (Å²) in [5.41, 5.74) is 1.96. The van der Waals surface area contributed by atoms with E-state index in [1.54, 1.807) is 0 Å². The number of pyridine rings is 1. The number of nitrogens with zero attached hydrogens (tertiary/aromatic N) is 1. The molecular formula is C13H12ClNO3S. The van der Waals surface area contributed by atoms with Crippen LogP contribution in [0.25, 0.3) is 0 Å². The van der Waals surface area contributed by atoms with E-state index < -0.39 is 9.05 Å². The summed E-state index contributed by atoms with van der Waals surface area (Å²) in [4.78, 5) is 3.88. The van der Waals surface area contributed by atoms with Crippen LogP contribution in [0.5, 0.6) is 11.6 Å². The quantitative estimate of drug-likeness (QED) is 0.815. The van der Waals surface area contributed by atoms with Gasteiger partial charge in [-0.25, -0.2) is 13.4 Å². The van der Waals surface area contributed by atoms with Gasteiger partial charge in [-0.3, -0.25) is 0 Å². The van der Waals surface area contributed by atoms with Gasteiger partial charge < -0.3 is 4.74 Å². The molecule has 0 unspecified atom stereocenters. The van der Waals surface area contributed by atoms with E-state index in [1.165, 1.54) is 18.3 Å². The van der Waals surface area contributed by atoms with Crippen LogP contribution < -0.4 is 4.74 Å². The van der Waals surface area contributed by atoms with Crippen LogP contribution >= 0.6 is 10.7 Å². The molecular weight excluding hydrogens is 286 g/mol. The fourth-order valence-electron chi connectivity index (χ4n) is 1.64. The molecule has 0 radical (unpaired) electrons. The molecule has 19 heavy (non-hydrogen) atoms. The van der Waals surface area contributed by atoms with E-state index >= 15 is 0 Å². The number of benzene rings is 1. The molecule has 0 spiro atoms. The minimum atomic E-state index is -3.75. The molecule has 1 heterocycles. The third-order valence-corrected chi connectivity index (χ3v) is 3.95. The zero-order chi connectivity index (χ0) is 14.0. The van der Waals surface area contributed by atoms with Gasteiger partial charge in [-0.2, -0.15) is 0 Å². The number of rotatable bonds is 3. The first-order valence-electron chi connectivity index (χ1n) is 5.53. The summed E-state index contributed by atoms with van der Waals surface area (Å²) in [5, 5.41) is 0. The van der Waals surface area contributed by atoms with Crippen molar-refractivity contribution in [2.24, 2.45) is 0 Å². The maximum absolute atomic E-state index is 11.1. The van der Waals surface area contributed by atoms with Crippen LogP contribution in [0.2, 0.25) is 0 Å². The van der Waals surface area contributed by atoms with Crippen molar-refractivity contribution in [3.63, 3.8) is 0 Å². The van der Waals surface area contributed by atoms with E-state index in [0.717, 1.165) is 16.9 Å². The molecule has 0 atom stereocenters. The maximum Gasteiger partial charge on any atom is 0.262 e. The lowest BCUT2D eigenvalue weighted by atomic mass is 10.1. The number of hydrogen-bond donors (Lipinski definition) is 0. The monoisotopic (exact) mass is 297 g/mol. The van der Waals surface area contributed by atoms with E-state index in [1.807, 2.05) is 32.0 Å². The molecule has 0 saturated carbocycles. The Kier molecular flexibility index (Phi) is 3.78. The van der Waals surface area contributed by atoms with Crippen molar-refractivity contribution >= 4 is 19.7 Å². The van der Waals surface area contributed by atoms with Crippen LogP contribution in [-0.2, 0) is 9.05 Å². The highest BCUT2D eigenvalue weighted by Gasteiger charge is 2.11. The van der Waals surface area contributed by atoms with Crippen LogP contribution in [0.4, 0.5) is 0 Å². The van der Waals surface area contributed by atoms with Crippen molar-refractivity contribution in [2.45, 2.75) is 18.7 Å². The predicted octanol–water partition coefficient (Wildman–Crippen LogP) is 3.42. The number of para-hydroxylation sites is 1. The zero-order valence-corrected chi connectivity index (χ0v) is 12.0. The van der Waals surface area contributed by atoms with Crippen LogP contribution in [-0.4, -0.2) is 13.4 Å². The van der Waals surface area contributed by atoms with Gasteiger partial charge in [0.25, 0.3) is 9.05 Å². The highest BCUT2D eigenvalue weighted by molar-refractivity contribution is 8.13. The second-order valence-corrected chi connectivity index (χ2v) is 6.66. The van der Waals surface area contributed by atoms with E-state index in [4.69, 9.17) is 15.4 Å². The van der Waals surface area contributed by atoms with Crippen LogP contribution in [0, 0.1) is 13.8 Å². The minimum absolute atomic E-state index is 0.0528. The van der Waals surface area contributed by atoms with Gasteiger partial charge >= 0.3 is 0 Å². The van der Waals surface area contributed by atoms with Crippen LogP contribution in [0.1, 0.15) is 11.1 Å². The lowest BCUT2D eigenvalue weighted by Gasteiger charge is -2.10. The van der Waals surface area contributed by atoms with Crippen LogP contribution in [0.15, 0.2) is 41.4 Å². The molecule has 0 amide bonds. The number of aromatic nitrogens is 1. The van der Waals surface area contributed by atoms with Crippen molar-refractivity contribution in [3.05, 3.63) is 47.7 Å². The summed E-state index contributed by atoms with van der Waals surface area (Å²) >= 11 is 0. The molecule has 100 valence electrons. The van der Waals surface area contributed by atoms with Crippen molar-refractivity contribution in [1.29, 1.82) is 0 Å². The highest BCUT2D eigenvalue weighted by Crippen LogP contribution is 2.27. The SMILES string of the molecule is Cc1cccc(C)c1Oc1ccc(S(=O)(=O)Cl)cn1. The molecule has 2 aromatic rings. The minimum Gasteiger partial charge on any atom is -0.438 e. The molecule has 6 heteroatoms. The van der Waals surface area contributed by atoms with Crippen molar-refractivity contribution in [2.75, 3.05) is 0 Å². The third kappa shape index (κ3) is 3.24. The lowest BCUT2D eigenvalue weighted by Crippen LogP contribution is -1.95. The van der Waals surface area contributed by atoms with Crippen molar-refractivity contribution in [1.82, 2.24) is 4.98 Å². The molecule has 0 N–H and O–H groups in total. The van der Waals surface area contributed by atoms with Crippen molar-refractivity contribution < 1.29 is 13.2 Å². The average Bonchev–Trinajstić information content (AvgIpc) is 2.33. The topological polar surface area (TPSA) is 56.3 Å². The Labute approximate surface area is 116 Å². The first-order valence-corrected chi connectivity index (χ1v) is 7.83. The van der Waals surface area contributed by atoms with Crippen molar-refractivity contribution in [3.8, 4) is 11.6 Å². The van der Waals surface area contributed by atoms with Gasteiger partial charge in [0.2, 0.25) is 5.88 Å². The van der Waals surface area contributed by atoms with E-state index in [2.05, 4.69) is 4.98 Å². The molecule has 0 bridgehead atoms. The first-order chi connectivity index (χ1) is 8.88. The summed E-state index contributed by atoms with van der Waals surface area (Å²) < 4.78 is 27.8. The normalized spacial score (nSPS) is 11.3. The summed E-state index contributed by atoms with van der Waals surface area (Å²) in [5.74, 6) is 1.04. The summed E-state index contributed by atoms with van der Waals surface area (Å²) in [6.07, 6.45) is 1.17. The molecule has 1 aromatic carbocycles. The summed E-state index contributed by atoms with van der Waals surface area (Å²) in [6.45, 7) is 3.86. The lowest BCUT2D eigenvalue weighted by molar-refractivity contribution is 0.455. The molecule has 2 rings (SSSR count). The van der Waals surface area contributed by atoms with Gasteiger partial charge in [-0.15, -0.1) is 0 Å². The third-order valence-electron chi connectivity index (χ3n) is 2.61. The van der Waals surface area contributed by atoms with Gasteiger partial charge in [-0.05, 0) is 31.0 Å². The molecule has 0 aliphatic carbocycles. The predicted molar refractivity (Wildman–Crippen MR) is 73.3 cm³/mol. The largest absolute Gasteiger partial charge is 0.438 e. The molecule has 4 nitrogen and oxygen atoms in total. The first kappa shape index (κ1) is 13.8. The summed E-state index contributed by atoms with van der Waals surface area (Å²) in [7, 11) is 1.46. The number of aryl methyl sites for hydroxylation is 2. The highest BCUT2D eigenvalue weighted by atomic mass is 35.7. The fraction of sp³-hybridized carbons (Fsp3) is 0.154. The van der Waals surface area contributed by atoms with E-state index in [9.17, 15) is 8.42 Å². The molecule has 0 aliphatic heterocycles. The summed E-state index contributed by atoms with van der Waals surface area (Å²) in [6, 6.07) is 8.63. The average molecular weight is 298 g/mol. The fourth-order valence-corrected chi connectivity index (χ4v) is 2.32. The number of hydrogen-bond acceptors (Lipinski definition) is 4. The number of ether oxygens (including phenoxy) is 1. The Hall–Kier alpha value is -1.59. The smallest absolute Gasteiger partial charge is 0.262 e. The molecule has 0 saturated heterocycles. The van der Waals surface area contributed by atoms with Crippen LogP contribution in [0.3, 0.4) is 0 Å². The zero-order valence-electron chi connectivity index (χ0n) is 10.4. The second-order valence-electron chi connectivity index (χ2n) is 4.09. The Morgan fingerprint density at radius 3 is 2.21 bits per heavy atom. The van der Waals surface area contributed by atoms with Gasteiger partial charge in [0.15, 0.2) is 0 Å². The van der Waals surface area contributed by atoms with E-state index in [0.29, 0.717) is 5.88 Å². The number of halogens is 1. The standard InChI is InChI=1S/C13H12ClNO3S/c1-9-4-3-5-10(2)13(9)18-12-7-6-11(8-15-12)19(14,16)17/h3-8H,1-2H3. The Bertz CT molecular complexity index is 676. The molecule has 0 fully saturated rings. The Morgan fingerprint density at radius 2 is 1.74 bits per heavy atom. The second kappa shape index (κ2) is 5.19. The van der Waals surface area contributed by atoms with Gasteiger partial charge in [0, 0.05) is 16.7 Å². The van der Waals surface area contributed by atoms with Gasteiger partial charge in [0.1, 0.15) is 10.6 Å². The maximum atomic E-state index is 11.1. The Morgan fingerprint density at radius 1 is 1.11 bits per heavy atom. The van der Waals surface area contributed by atoms with Gasteiger partial charge in [-0.1, -0.05) is 18.2 Å². The Balaban J connectivity index is 2.30. The molecule has 1 aromatic heterocycles. The van der Waals surface area contributed by atoms with E-state index in [-0.39, 0.29) is 4.90 Å².